The van der Waals surface area contributed by atoms with Gasteiger partial charge in [0.2, 0.25) is 0 Å². The van der Waals surface area contributed by atoms with Crippen molar-refractivity contribution in [2.24, 2.45) is 5.92 Å². The fourth-order valence-corrected chi connectivity index (χ4v) is 4.07. The second-order valence-electron chi connectivity index (χ2n) is 7.59. The number of likely N-dealkylation sites (tertiary alicyclic amines) is 1. The molecule has 1 aromatic heterocycles. The van der Waals surface area contributed by atoms with E-state index in [4.69, 9.17) is 0 Å². The molecule has 0 spiro atoms. The first-order chi connectivity index (χ1) is 11.6. The highest BCUT2D eigenvalue weighted by molar-refractivity contribution is 5.74. The minimum absolute atomic E-state index is 0.0928. The largest absolute Gasteiger partial charge is 0.335 e. The van der Waals surface area contributed by atoms with Gasteiger partial charge in [0.25, 0.3) is 0 Å². The molecule has 24 heavy (non-hydrogen) atoms. The molecule has 1 saturated heterocycles. The van der Waals surface area contributed by atoms with Crippen LogP contribution in [0.15, 0.2) is 6.33 Å². The number of carbonyl (C=O) groups excluding carboxylic acids is 1. The average Bonchev–Trinajstić information content (AvgIpc) is 3.11. The van der Waals surface area contributed by atoms with Gasteiger partial charge in [-0.05, 0) is 58.5 Å². The van der Waals surface area contributed by atoms with E-state index in [0.29, 0.717) is 6.04 Å². The van der Waals surface area contributed by atoms with Gasteiger partial charge in [-0.2, -0.15) is 5.10 Å². The Morgan fingerprint density at radius 3 is 2.79 bits per heavy atom. The molecule has 2 fully saturated rings. The van der Waals surface area contributed by atoms with Gasteiger partial charge in [-0.1, -0.05) is 0 Å². The van der Waals surface area contributed by atoms with Crippen molar-refractivity contribution in [3.8, 4) is 0 Å². The van der Waals surface area contributed by atoms with Crippen LogP contribution in [0, 0.1) is 5.92 Å². The Morgan fingerprint density at radius 1 is 1.33 bits per heavy atom. The number of nitrogens with zero attached hydrogens (tertiary/aromatic N) is 4. The minimum atomic E-state index is 0.0928. The molecule has 134 valence electrons. The normalized spacial score (nSPS) is 28.1. The van der Waals surface area contributed by atoms with Crippen LogP contribution in [0.25, 0.3) is 0 Å². The molecule has 1 aromatic rings. The number of urea groups is 1. The first-order valence-electron chi connectivity index (χ1n) is 9.17. The average molecular weight is 334 g/mol. The van der Waals surface area contributed by atoms with Crippen LogP contribution in [0.4, 0.5) is 4.79 Å². The van der Waals surface area contributed by atoms with Crippen molar-refractivity contribution in [3.63, 3.8) is 0 Å². The van der Waals surface area contributed by atoms with E-state index in [-0.39, 0.29) is 11.9 Å². The summed E-state index contributed by atoms with van der Waals surface area (Å²) in [5.74, 6) is 1.96. The molecule has 2 amide bonds. The predicted molar refractivity (Wildman–Crippen MR) is 92.8 cm³/mol. The van der Waals surface area contributed by atoms with Crippen LogP contribution in [0.3, 0.4) is 0 Å². The number of hydrogen-bond acceptors (Lipinski definition) is 4. The zero-order chi connectivity index (χ0) is 16.9. The maximum absolute atomic E-state index is 12.6. The van der Waals surface area contributed by atoms with Crippen molar-refractivity contribution in [3.05, 3.63) is 12.2 Å². The predicted octanol–water partition coefficient (Wildman–Crippen LogP) is 1.81. The summed E-state index contributed by atoms with van der Waals surface area (Å²) in [6.07, 6.45) is 8.25. The lowest BCUT2D eigenvalue weighted by Gasteiger charge is -2.35. The van der Waals surface area contributed by atoms with Crippen LogP contribution in [-0.4, -0.2) is 70.8 Å². The molecule has 1 atom stereocenters. The summed E-state index contributed by atoms with van der Waals surface area (Å²) in [5.41, 5.74) is 0. The minimum Gasteiger partial charge on any atom is -0.335 e. The molecule has 7 nitrogen and oxygen atoms in total. The molecule has 2 heterocycles. The second kappa shape index (κ2) is 7.96. The van der Waals surface area contributed by atoms with E-state index in [1.165, 1.54) is 12.8 Å². The molecule has 2 N–H and O–H groups in total. The first-order valence-corrected chi connectivity index (χ1v) is 9.17. The van der Waals surface area contributed by atoms with Crippen molar-refractivity contribution in [1.82, 2.24) is 30.3 Å². The monoisotopic (exact) mass is 334 g/mol. The number of carbonyl (C=O) groups is 1. The maximum Gasteiger partial charge on any atom is 0.317 e. The Bertz CT molecular complexity index is 509. The van der Waals surface area contributed by atoms with Crippen molar-refractivity contribution >= 4 is 6.03 Å². The Morgan fingerprint density at radius 2 is 2.12 bits per heavy atom. The third-order valence-corrected chi connectivity index (χ3v) is 5.33. The lowest BCUT2D eigenvalue weighted by molar-refractivity contribution is 0.166. The smallest absolute Gasteiger partial charge is 0.317 e. The highest BCUT2D eigenvalue weighted by Gasteiger charge is 2.29. The lowest BCUT2D eigenvalue weighted by atomic mass is 9.86. The van der Waals surface area contributed by atoms with Gasteiger partial charge in [-0.3, -0.25) is 5.10 Å². The van der Waals surface area contributed by atoms with Crippen LogP contribution in [0.1, 0.15) is 50.3 Å². The van der Waals surface area contributed by atoms with Gasteiger partial charge >= 0.3 is 6.03 Å². The van der Waals surface area contributed by atoms with Crippen molar-refractivity contribution < 1.29 is 4.79 Å². The van der Waals surface area contributed by atoms with Gasteiger partial charge in [0.15, 0.2) is 0 Å². The molecule has 1 aliphatic carbocycles. The van der Waals surface area contributed by atoms with Crippen LogP contribution in [0.2, 0.25) is 0 Å². The molecular weight excluding hydrogens is 304 g/mol. The number of piperidine rings is 1. The maximum atomic E-state index is 12.6. The fraction of sp³-hybridized carbons (Fsp3) is 0.824. The van der Waals surface area contributed by atoms with E-state index in [2.05, 4.69) is 39.5 Å². The standard InChI is InChI=1S/C17H30N6O/c1-22(2)10-13-5-7-15(8-6-13)20-17(24)23-9-3-4-14(11-23)16-18-12-19-21-16/h12-15H,3-11H2,1-2H3,(H,20,24)(H,18,19,21). The van der Waals surface area contributed by atoms with Crippen LogP contribution in [0.5, 0.6) is 0 Å². The summed E-state index contributed by atoms with van der Waals surface area (Å²) in [6, 6.07) is 0.428. The van der Waals surface area contributed by atoms with E-state index in [9.17, 15) is 4.79 Å². The molecule has 1 unspecified atom stereocenters. The van der Waals surface area contributed by atoms with E-state index in [1.807, 2.05) is 4.90 Å². The fourth-order valence-electron chi connectivity index (χ4n) is 4.07. The summed E-state index contributed by atoms with van der Waals surface area (Å²) >= 11 is 0. The van der Waals surface area contributed by atoms with Gasteiger partial charge in [-0.15, -0.1) is 0 Å². The Hall–Kier alpha value is -1.63. The summed E-state index contributed by atoms with van der Waals surface area (Å²) in [5, 5.41) is 10.1. The number of hydrogen-bond donors (Lipinski definition) is 2. The number of nitrogens with one attached hydrogen (secondary N) is 2. The van der Waals surface area contributed by atoms with Crippen molar-refractivity contribution in [1.29, 1.82) is 0 Å². The van der Waals surface area contributed by atoms with Crippen molar-refractivity contribution in [2.45, 2.75) is 50.5 Å². The van der Waals surface area contributed by atoms with E-state index < -0.39 is 0 Å². The summed E-state index contributed by atoms with van der Waals surface area (Å²) in [4.78, 5) is 21.1. The van der Waals surface area contributed by atoms with E-state index in [0.717, 1.165) is 57.1 Å². The molecule has 3 rings (SSSR count). The molecule has 1 saturated carbocycles. The first kappa shape index (κ1) is 17.2. The Balaban J connectivity index is 1.45. The third kappa shape index (κ3) is 4.47. The van der Waals surface area contributed by atoms with E-state index >= 15 is 0 Å². The molecule has 0 aromatic carbocycles. The molecule has 7 heteroatoms. The molecule has 0 radical (unpaired) electrons. The van der Waals surface area contributed by atoms with Gasteiger partial charge in [-0.25, -0.2) is 9.78 Å². The molecular formula is C17H30N6O. The Kier molecular flexibility index (Phi) is 5.71. The lowest BCUT2D eigenvalue weighted by Crippen LogP contribution is -2.49. The number of aromatic amines is 1. The second-order valence-corrected chi connectivity index (χ2v) is 7.59. The van der Waals surface area contributed by atoms with Gasteiger partial charge < -0.3 is 15.1 Å². The zero-order valence-corrected chi connectivity index (χ0v) is 14.9. The van der Waals surface area contributed by atoms with Gasteiger partial charge in [0, 0.05) is 31.6 Å². The topological polar surface area (TPSA) is 77.2 Å². The van der Waals surface area contributed by atoms with Gasteiger partial charge in [0.1, 0.15) is 12.2 Å². The van der Waals surface area contributed by atoms with Crippen molar-refractivity contribution in [2.75, 3.05) is 33.7 Å². The van der Waals surface area contributed by atoms with Crippen LogP contribution < -0.4 is 5.32 Å². The van der Waals surface area contributed by atoms with Crippen LogP contribution in [-0.2, 0) is 0 Å². The Labute approximate surface area is 144 Å². The summed E-state index contributed by atoms with van der Waals surface area (Å²) < 4.78 is 0. The number of amides is 2. The molecule has 2 aliphatic rings. The zero-order valence-electron chi connectivity index (χ0n) is 14.9. The molecule has 1 aliphatic heterocycles. The van der Waals surface area contributed by atoms with Gasteiger partial charge in [0.05, 0.1) is 0 Å². The highest BCUT2D eigenvalue weighted by atomic mass is 16.2. The SMILES string of the molecule is CN(C)CC1CCC(NC(=O)N2CCCC(c3ncn[nH]3)C2)CC1. The van der Waals surface area contributed by atoms with E-state index in [1.54, 1.807) is 6.33 Å². The number of H-pyrrole nitrogens is 1. The summed E-state index contributed by atoms with van der Waals surface area (Å²) in [7, 11) is 4.27. The highest BCUT2D eigenvalue weighted by Crippen LogP contribution is 2.26. The third-order valence-electron chi connectivity index (χ3n) is 5.33. The van der Waals surface area contributed by atoms with Crippen LogP contribution >= 0.6 is 0 Å². The number of rotatable bonds is 4. The quantitative estimate of drug-likeness (QED) is 0.880. The molecule has 0 bridgehead atoms. The summed E-state index contributed by atoms with van der Waals surface area (Å²) in [6.45, 7) is 2.73. The number of aromatic nitrogens is 3.